The number of hydrogen-bond donors (Lipinski definition) is 0. The van der Waals surface area contributed by atoms with Crippen LogP contribution in [0.2, 0.25) is 5.15 Å². The minimum absolute atomic E-state index is 0.274. The molecule has 33 heavy (non-hydrogen) atoms. The van der Waals surface area contributed by atoms with Gasteiger partial charge in [0.2, 0.25) is 0 Å². The number of aromatic nitrogens is 2. The fourth-order valence-electron chi connectivity index (χ4n) is 4.20. The fraction of sp³-hybridized carbons (Fsp3) is 0.0345. The highest BCUT2D eigenvalue weighted by molar-refractivity contribution is 6.35. The molecule has 0 bridgehead atoms. The van der Waals surface area contributed by atoms with Gasteiger partial charge in [-0.2, -0.15) is 0 Å². The van der Waals surface area contributed by atoms with Gasteiger partial charge in [-0.05, 0) is 16.7 Å². The van der Waals surface area contributed by atoms with Gasteiger partial charge in [-0.25, -0.2) is 0 Å². The molecule has 4 heteroatoms. The van der Waals surface area contributed by atoms with Gasteiger partial charge in [-0.15, -0.1) is 21.8 Å². The molecular weight excluding hydrogens is 447 g/mol. The molecule has 0 amide bonds. The summed E-state index contributed by atoms with van der Waals surface area (Å²) in [5.41, 5.74) is 6.04. The van der Waals surface area contributed by atoms with Crippen LogP contribution in [0.5, 0.6) is 0 Å². The smallest absolute Gasteiger partial charge is 0.148 e. The first-order valence-electron chi connectivity index (χ1n) is 10.7. The van der Waals surface area contributed by atoms with Gasteiger partial charge in [0.25, 0.3) is 0 Å². The zero-order valence-corrected chi connectivity index (χ0v) is 19.2. The first-order chi connectivity index (χ1) is 16.2. The van der Waals surface area contributed by atoms with Crippen LogP contribution < -0.4 is 0 Å². The van der Waals surface area contributed by atoms with Gasteiger partial charge in [-0.1, -0.05) is 133 Å². The van der Waals surface area contributed by atoms with E-state index in [1.54, 1.807) is 0 Å². The van der Waals surface area contributed by atoms with E-state index in [9.17, 15) is 0 Å². The Labute approximate surface area is 203 Å². The largest absolute Gasteiger partial charge is 0.158 e. The van der Waals surface area contributed by atoms with Crippen LogP contribution in [0.4, 0.5) is 0 Å². The number of benzene rings is 4. The molecule has 0 N–H and O–H groups in total. The molecule has 2 nitrogen and oxygen atoms in total. The van der Waals surface area contributed by atoms with Crippen molar-refractivity contribution in [3.05, 3.63) is 143 Å². The van der Waals surface area contributed by atoms with Crippen molar-refractivity contribution in [2.75, 3.05) is 0 Å². The maximum absolute atomic E-state index is 7.68. The normalized spacial score (nSPS) is 11.3. The monoisotopic (exact) mass is 466 g/mol. The van der Waals surface area contributed by atoms with E-state index in [0.29, 0.717) is 5.56 Å². The summed E-state index contributed by atoms with van der Waals surface area (Å²) in [5.74, 6) is 0. The summed E-state index contributed by atoms with van der Waals surface area (Å²) in [5, 5.41) is 9.21. The minimum atomic E-state index is -1.08. The first-order valence-corrected chi connectivity index (χ1v) is 11.4. The van der Waals surface area contributed by atoms with Gasteiger partial charge >= 0.3 is 0 Å². The number of halogens is 2. The Morgan fingerprint density at radius 3 is 1.42 bits per heavy atom. The van der Waals surface area contributed by atoms with Crippen molar-refractivity contribution < 1.29 is 0 Å². The minimum Gasteiger partial charge on any atom is -0.148 e. The van der Waals surface area contributed by atoms with E-state index in [2.05, 4.69) is 22.3 Å². The molecule has 5 rings (SSSR count). The average Bonchev–Trinajstić information content (AvgIpc) is 2.90. The number of alkyl halides is 1. The van der Waals surface area contributed by atoms with Crippen LogP contribution in [-0.4, -0.2) is 10.2 Å². The van der Waals surface area contributed by atoms with Crippen molar-refractivity contribution in [1.82, 2.24) is 10.2 Å². The Bertz CT molecular complexity index is 1320. The predicted octanol–water partition coefficient (Wildman–Crippen LogP) is 7.99. The fourth-order valence-corrected chi connectivity index (χ4v) is 4.96. The molecule has 0 aliphatic heterocycles. The van der Waals surface area contributed by atoms with Crippen LogP contribution in [0.3, 0.4) is 0 Å². The molecule has 1 heterocycles. The summed E-state index contributed by atoms with van der Waals surface area (Å²) in [6, 6.07) is 40.1. The Balaban J connectivity index is 1.92. The molecule has 0 unspecified atom stereocenters. The maximum Gasteiger partial charge on any atom is 0.158 e. The summed E-state index contributed by atoms with van der Waals surface area (Å²) >= 11 is 14.5. The number of hydrogen-bond acceptors (Lipinski definition) is 2. The van der Waals surface area contributed by atoms with Gasteiger partial charge in [0.15, 0.2) is 5.15 Å². The molecule has 0 aliphatic rings. The lowest BCUT2D eigenvalue weighted by molar-refractivity contribution is 0.857. The Morgan fingerprint density at radius 2 is 0.939 bits per heavy atom. The Morgan fingerprint density at radius 1 is 0.515 bits per heavy atom. The van der Waals surface area contributed by atoms with Crippen LogP contribution >= 0.6 is 23.2 Å². The van der Waals surface area contributed by atoms with E-state index in [4.69, 9.17) is 23.2 Å². The predicted molar refractivity (Wildman–Crippen MR) is 137 cm³/mol. The summed E-state index contributed by atoms with van der Waals surface area (Å²) in [4.78, 5) is -1.08. The molecule has 0 spiro atoms. The lowest BCUT2D eigenvalue weighted by atomic mass is 9.80. The van der Waals surface area contributed by atoms with E-state index in [0.717, 1.165) is 33.5 Å². The Kier molecular flexibility index (Phi) is 5.95. The van der Waals surface area contributed by atoms with Crippen LogP contribution in [0.1, 0.15) is 16.7 Å². The van der Waals surface area contributed by atoms with Crippen LogP contribution in [0.15, 0.2) is 121 Å². The van der Waals surface area contributed by atoms with Gasteiger partial charge < -0.3 is 0 Å². The van der Waals surface area contributed by atoms with Crippen molar-refractivity contribution in [3.8, 4) is 22.4 Å². The molecule has 0 saturated carbocycles. The SMILES string of the molecule is Clc1nnc(-c2ccccc2)c(-c2ccccc2)c1C(Cl)(c1ccccc1)c1ccccc1. The van der Waals surface area contributed by atoms with Crippen LogP contribution in [0.25, 0.3) is 22.4 Å². The molecular formula is C29H20Cl2N2. The standard InChI is InChI=1S/C29H20Cl2N2/c30-28-26(29(31,23-17-9-3-10-18-23)24-19-11-4-12-20-24)25(21-13-5-1-6-14-21)27(32-33-28)22-15-7-2-8-16-22/h1-20H. The van der Waals surface area contributed by atoms with E-state index in [1.807, 2.05) is 109 Å². The van der Waals surface area contributed by atoms with Crippen molar-refractivity contribution in [2.24, 2.45) is 0 Å². The lowest BCUT2D eigenvalue weighted by Gasteiger charge is -2.32. The number of nitrogens with zero attached hydrogens (tertiary/aromatic N) is 2. The molecule has 0 fully saturated rings. The van der Waals surface area contributed by atoms with Crippen molar-refractivity contribution >= 4 is 23.2 Å². The van der Waals surface area contributed by atoms with Crippen molar-refractivity contribution in [2.45, 2.75) is 4.87 Å². The third-order valence-electron chi connectivity index (χ3n) is 5.73. The van der Waals surface area contributed by atoms with Crippen LogP contribution in [0, 0.1) is 0 Å². The first kappa shape index (κ1) is 21.4. The molecule has 5 aromatic rings. The van der Waals surface area contributed by atoms with Crippen molar-refractivity contribution in [1.29, 1.82) is 0 Å². The summed E-state index contributed by atoms with van der Waals surface area (Å²) in [6.07, 6.45) is 0. The average molecular weight is 467 g/mol. The van der Waals surface area contributed by atoms with Gasteiger partial charge in [-0.3, -0.25) is 0 Å². The quantitative estimate of drug-likeness (QED) is 0.245. The molecule has 0 atom stereocenters. The van der Waals surface area contributed by atoms with E-state index in [1.165, 1.54) is 0 Å². The van der Waals surface area contributed by atoms with Gasteiger partial charge in [0.05, 0.1) is 0 Å². The molecule has 4 aromatic carbocycles. The second kappa shape index (κ2) is 9.19. The highest BCUT2D eigenvalue weighted by atomic mass is 35.5. The highest BCUT2D eigenvalue weighted by Crippen LogP contribution is 2.50. The van der Waals surface area contributed by atoms with E-state index in [-0.39, 0.29) is 5.15 Å². The van der Waals surface area contributed by atoms with E-state index >= 15 is 0 Å². The third kappa shape index (κ3) is 3.93. The second-order valence-corrected chi connectivity index (χ2v) is 8.64. The van der Waals surface area contributed by atoms with Crippen molar-refractivity contribution in [3.63, 3.8) is 0 Å². The molecule has 0 saturated heterocycles. The van der Waals surface area contributed by atoms with E-state index < -0.39 is 4.87 Å². The third-order valence-corrected chi connectivity index (χ3v) is 6.62. The number of rotatable bonds is 5. The summed E-state index contributed by atoms with van der Waals surface area (Å²) in [6.45, 7) is 0. The Hall–Kier alpha value is -3.46. The molecule has 1 aromatic heterocycles. The molecule has 0 aliphatic carbocycles. The zero-order chi connectivity index (χ0) is 22.7. The second-order valence-electron chi connectivity index (χ2n) is 7.71. The highest BCUT2D eigenvalue weighted by Gasteiger charge is 2.40. The van der Waals surface area contributed by atoms with Gasteiger partial charge in [0, 0.05) is 16.7 Å². The topological polar surface area (TPSA) is 25.8 Å². The summed E-state index contributed by atoms with van der Waals surface area (Å²) < 4.78 is 0. The maximum atomic E-state index is 7.68. The van der Waals surface area contributed by atoms with Gasteiger partial charge in [0.1, 0.15) is 10.6 Å². The lowest BCUT2D eigenvalue weighted by Crippen LogP contribution is -2.25. The van der Waals surface area contributed by atoms with Crippen LogP contribution in [-0.2, 0) is 4.87 Å². The zero-order valence-electron chi connectivity index (χ0n) is 17.7. The summed E-state index contributed by atoms with van der Waals surface area (Å²) in [7, 11) is 0. The molecule has 0 radical (unpaired) electrons. The molecule has 160 valence electrons.